The average molecular weight is 243 g/mol. The highest BCUT2D eigenvalue weighted by molar-refractivity contribution is 6.31. The maximum absolute atomic E-state index is 11.6. The molecule has 1 rings (SSSR count). The van der Waals surface area contributed by atoms with E-state index < -0.39 is 0 Å². The summed E-state index contributed by atoms with van der Waals surface area (Å²) in [6.07, 6.45) is 0. The van der Waals surface area contributed by atoms with Gasteiger partial charge in [-0.1, -0.05) is 17.7 Å². The Hall–Kier alpha value is -1.26. The van der Waals surface area contributed by atoms with E-state index in [1.54, 1.807) is 39.3 Å². The topological polar surface area (TPSA) is 50.4 Å². The predicted molar refractivity (Wildman–Crippen MR) is 63.6 cm³/mol. The summed E-state index contributed by atoms with van der Waals surface area (Å²) in [5.41, 5.74) is 5.89. The van der Waals surface area contributed by atoms with E-state index in [1.807, 2.05) is 0 Å². The number of nitrogens with one attached hydrogen (secondary N) is 2. The average Bonchev–Trinajstić information content (AvgIpc) is 2.28. The zero-order valence-electron chi connectivity index (χ0n) is 9.50. The van der Waals surface area contributed by atoms with Gasteiger partial charge in [0.05, 0.1) is 13.0 Å². The van der Waals surface area contributed by atoms with Crippen molar-refractivity contribution in [2.75, 3.05) is 14.2 Å². The smallest absolute Gasteiger partial charge is 0.241 e. The number of halogens is 1. The van der Waals surface area contributed by atoms with Gasteiger partial charge in [-0.15, -0.1) is 0 Å². The highest BCUT2D eigenvalue weighted by Gasteiger charge is 2.17. The molecule has 1 atom stereocenters. The molecule has 0 aromatic heterocycles. The summed E-state index contributed by atoms with van der Waals surface area (Å²) in [6.45, 7) is 1.79. The summed E-state index contributed by atoms with van der Waals surface area (Å²) < 4.78 is 5.04. The first-order chi connectivity index (χ1) is 7.60. The molecular formula is C11H15ClN2O2. The maximum atomic E-state index is 11.6. The van der Waals surface area contributed by atoms with Crippen molar-refractivity contribution in [3.8, 4) is 5.75 Å². The minimum Gasteiger partial charge on any atom is -0.497 e. The monoisotopic (exact) mass is 242 g/mol. The van der Waals surface area contributed by atoms with Crippen molar-refractivity contribution >= 4 is 17.5 Å². The van der Waals surface area contributed by atoms with Crippen molar-refractivity contribution in [2.24, 2.45) is 0 Å². The first-order valence-corrected chi connectivity index (χ1v) is 5.28. The van der Waals surface area contributed by atoms with Crippen LogP contribution in [0.2, 0.25) is 5.02 Å². The van der Waals surface area contributed by atoms with Crippen LogP contribution < -0.4 is 15.6 Å². The molecule has 1 amide bonds. The molecule has 0 radical (unpaired) electrons. The number of rotatable bonds is 4. The molecule has 88 valence electrons. The van der Waals surface area contributed by atoms with Crippen LogP contribution in [0.15, 0.2) is 18.2 Å². The molecule has 0 bridgehead atoms. The fourth-order valence-corrected chi connectivity index (χ4v) is 1.69. The molecule has 4 nitrogen and oxygen atoms in total. The van der Waals surface area contributed by atoms with E-state index in [-0.39, 0.29) is 11.8 Å². The Morgan fingerprint density at radius 2 is 2.19 bits per heavy atom. The summed E-state index contributed by atoms with van der Waals surface area (Å²) >= 11 is 6.07. The van der Waals surface area contributed by atoms with E-state index in [0.29, 0.717) is 10.8 Å². The van der Waals surface area contributed by atoms with Gasteiger partial charge in [0.1, 0.15) is 5.75 Å². The Morgan fingerprint density at radius 1 is 1.50 bits per heavy atom. The van der Waals surface area contributed by atoms with Crippen molar-refractivity contribution in [3.05, 3.63) is 28.8 Å². The molecule has 0 aliphatic carbocycles. The predicted octanol–water partition coefficient (Wildman–Crippen LogP) is 1.70. The van der Waals surface area contributed by atoms with Crippen LogP contribution in [0.25, 0.3) is 0 Å². The molecule has 0 aliphatic heterocycles. The van der Waals surface area contributed by atoms with Gasteiger partial charge in [-0.2, -0.15) is 0 Å². The molecule has 1 aromatic rings. The van der Waals surface area contributed by atoms with Crippen LogP contribution in [0.1, 0.15) is 18.4 Å². The maximum Gasteiger partial charge on any atom is 0.241 e. The number of amides is 1. The molecule has 5 heteroatoms. The van der Waals surface area contributed by atoms with Crippen LogP contribution in [0.3, 0.4) is 0 Å². The lowest BCUT2D eigenvalue weighted by Gasteiger charge is -2.14. The lowest BCUT2D eigenvalue weighted by molar-refractivity contribution is -0.123. The lowest BCUT2D eigenvalue weighted by atomic mass is 10.0. The summed E-state index contributed by atoms with van der Waals surface area (Å²) in [5.74, 6) is 0.232. The standard InChI is InChI=1S/C11H15ClN2O2/c1-7(11(15)14-13-2)9-5-4-8(16-3)6-10(9)12/h4-7,13H,1-3H3,(H,14,15). The normalized spacial score (nSPS) is 12.0. The zero-order valence-corrected chi connectivity index (χ0v) is 10.3. The molecular weight excluding hydrogens is 228 g/mol. The summed E-state index contributed by atoms with van der Waals surface area (Å²) in [4.78, 5) is 11.6. The molecule has 1 unspecified atom stereocenters. The van der Waals surface area contributed by atoms with Crippen molar-refractivity contribution < 1.29 is 9.53 Å². The Balaban J connectivity index is 2.91. The third kappa shape index (κ3) is 2.87. The van der Waals surface area contributed by atoms with E-state index in [9.17, 15) is 4.79 Å². The number of carbonyl (C=O) groups is 1. The Morgan fingerprint density at radius 3 is 2.69 bits per heavy atom. The number of hydrogen-bond donors (Lipinski definition) is 2. The second-order valence-corrected chi connectivity index (χ2v) is 3.76. The van der Waals surface area contributed by atoms with E-state index >= 15 is 0 Å². The van der Waals surface area contributed by atoms with Crippen molar-refractivity contribution in [1.29, 1.82) is 0 Å². The first-order valence-electron chi connectivity index (χ1n) is 4.90. The quantitative estimate of drug-likeness (QED) is 0.791. The molecule has 0 heterocycles. The number of hydrogen-bond acceptors (Lipinski definition) is 3. The Labute approximate surface area is 99.9 Å². The third-order valence-corrected chi connectivity index (χ3v) is 2.64. The van der Waals surface area contributed by atoms with Gasteiger partial charge in [0.2, 0.25) is 5.91 Å². The van der Waals surface area contributed by atoms with E-state index in [0.717, 1.165) is 5.56 Å². The zero-order chi connectivity index (χ0) is 12.1. The van der Waals surface area contributed by atoms with Crippen LogP contribution in [0.5, 0.6) is 5.75 Å². The van der Waals surface area contributed by atoms with Crippen LogP contribution in [-0.2, 0) is 4.79 Å². The van der Waals surface area contributed by atoms with Crippen LogP contribution >= 0.6 is 11.6 Å². The Kier molecular flexibility index (Phi) is 4.58. The van der Waals surface area contributed by atoms with Crippen LogP contribution in [0.4, 0.5) is 0 Å². The molecule has 0 spiro atoms. The molecule has 0 fully saturated rings. The number of benzene rings is 1. The minimum absolute atomic E-state index is 0.130. The van der Waals surface area contributed by atoms with Gasteiger partial charge in [-0.25, -0.2) is 5.43 Å². The minimum atomic E-state index is -0.314. The fraction of sp³-hybridized carbons (Fsp3) is 0.364. The van der Waals surface area contributed by atoms with Gasteiger partial charge in [0.15, 0.2) is 0 Å². The molecule has 0 saturated heterocycles. The summed E-state index contributed by atoms with van der Waals surface area (Å²) in [5, 5.41) is 0.526. The van der Waals surface area contributed by atoms with Crippen molar-refractivity contribution in [2.45, 2.75) is 12.8 Å². The summed E-state index contributed by atoms with van der Waals surface area (Å²) in [7, 11) is 3.21. The van der Waals surface area contributed by atoms with Gasteiger partial charge in [0.25, 0.3) is 0 Å². The van der Waals surface area contributed by atoms with Crippen molar-refractivity contribution in [1.82, 2.24) is 10.9 Å². The van der Waals surface area contributed by atoms with Gasteiger partial charge in [0, 0.05) is 12.1 Å². The number of carbonyl (C=O) groups excluding carboxylic acids is 1. The largest absolute Gasteiger partial charge is 0.497 e. The fourth-order valence-electron chi connectivity index (χ4n) is 1.36. The Bertz CT molecular complexity index is 382. The van der Waals surface area contributed by atoms with Crippen LogP contribution in [-0.4, -0.2) is 20.1 Å². The van der Waals surface area contributed by atoms with Crippen LogP contribution in [0, 0.1) is 0 Å². The SMILES string of the molecule is CNNC(=O)C(C)c1ccc(OC)cc1Cl. The van der Waals surface area contributed by atoms with Crippen molar-refractivity contribution in [3.63, 3.8) is 0 Å². The number of methoxy groups -OCH3 is 1. The molecule has 1 aromatic carbocycles. The van der Waals surface area contributed by atoms with Gasteiger partial charge < -0.3 is 4.74 Å². The number of ether oxygens (including phenoxy) is 1. The molecule has 2 N–H and O–H groups in total. The summed E-state index contributed by atoms with van der Waals surface area (Å²) in [6, 6.07) is 5.27. The highest BCUT2D eigenvalue weighted by Crippen LogP contribution is 2.28. The molecule has 0 aliphatic rings. The molecule has 0 saturated carbocycles. The second kappa shape index (κ2) is 5.72. The number of hydrazine groups is 1. The van der Waals surface area contributed by atoms with E-state index in [1.165, 1.54) is 0 Å². The van der Waals surface area contributed by atoms with Gasteiger partial charge in [-0.3, -0.25) is 10.2 Å². The second-order valence-electron chi connectivity index (χ2n) is 3.35. The lowest BCUT2D eigenvalue weighted by Crippen LogP contribution is -2.37. The van der Waals surface area contributed by atoms with Gasteiger partial charge in [-0.05, 0) is 24.6 Å². The van der Waals surface area contributed by atoms with Gasteiger partial charge >= 0.3 is 0 Å². The van der Waals surface area contributed by atoms with E-state index in [2.05, 4.69) is 10.9 Å². The van der Waals surface area contributed by atoms with E-state index in [4.69, 9.17) is 16.3 Å². The molecule has 16 heavy (non-hydrogen) atoms. The third-order valence-electron chi connectivity index (χ3n) is 2.32. The first kappa shape index (κ1) is 12.8. The highest BCUT2D eigenvalue weighted by atomic mass is 35.5.